The lowest BCUT2D eigenvalue weighted by Gasteiger charge is -2.42. The van der Waals surface area contributed by atoms with Crippen molar-refractivity contribution in [3.05, 3.63) is 59.4 Å². The number of halogens is 7. The molecule has 1 aliphatic carbocycles. The summed E-state index contributed by atoms with van der Waals surface area (Å²) in [6.07, 6.45) is -14.7. The number of carbonyl (C=O) groups is 1. The second kappa shape index (κ2) is 9.86. The third kappa shape index (κ3) is 4.81. The molecule has 0 saturated carbocycles. The first-order valence-electron chi connectivity index (χ1n) is 13.0. The summed E-state index contributed by atoms with van der Waals surface area (Å²) < 4.78 is 146. The average molecular weight is 659 g/mol. The fourth-order valence-electron chi connectivity index (χ4n) is 6.55. The van der Waals surface area contributed by atoms with Gasteiger partial charge in [-0.1, -0.05) is 24.3 Å². The minimum atomic E-state index is -6.43. The van der Waals surface area contributed by atoms with Crippen LogP contribution >= 0.6 is 0 Å². The molecule has 5 rings (SSSR count). The van der Waals surface area contributed by atoms with E-state index in [-0.39, 0.29) is 48.1 Å². The third-order valence-corrected chi connectivity index (χ3v) is 12.9. The van der Waals surface area contributed by atoms with Crippen LogP contribution in [0.3, 0.4) is 0 Å². The zero-order valence-electron chi connectivity index (χ0n) is 22.1. The number of aromatic nitrogens is 1. The van der Waals surface area contributed by atoms with E-state index in [4.69, 9.17) is 0 Å². The molecule has 17 heteroatoms. The number of sulfone groups is 2. The molecule has 236 valence electrons. The van der Waals surface area contributed by atoms with E-state index < -0.39 is 90.0 Å². The normalized spacial score (nSPS) is 27.5. The van der Waals surface area contributed by atoms with Crippen LogP contribution in [0.4, 0.5) is 30.7 Å². The summed E-state index contributed by atoms with van der Waals surface area (Å²) in [7, 11) is -8.15. The van der Waals surface area contributed by atoms with Gasteiger partial charge in [-0.25, -0.2) is 21.2 Å². The van der Waals surface area contributed by atoms with Crippen LogP contribution in [-0.2, 0) is 41.3 Å². The Bertz CT molecular complexity index is 1650. The minimum Gasteiger partial charge on any atom is -0.388 e. The lowest BCUT2D eigenvalue weighted by Crippen LogP contribution is -2.54. The molecule has 2 saturated heterocycles. The van der Waals surface area contributed by atoms with Gasteiger partial charge in [0.25, 0.3) is 0 Å². The highest BCUT2D eigenvalue weighted by Gasteiger charge is 2.75. The van der Waals surface area contributed by atoms with E-state index in [0.29, 0.717) is 6.07 Å². The Balaban J connectivity index is 1.63. The highest BCUT2D eigenvalue weighted by Crippen LogP contribution is 2.56. The van der Waals surface area contributed by atoms with E-state index in [1.165, 1.54) is 30.3 Å². The molecule has 3 aliphatic rings. The van der Waals surface area contributed by atoms with Crippen LogP contribution in [0.25, 0.3) is 0 Å². The molecule has 2 fully saturated rings. The van der Waals surface area contributed by atoms with Crippen LogP contribution in [0.1, 0.15) is 42.6 Å². The summed E-state index contributed by atoms with van der Waals surface area (Å²) in [5, 5.41) is 10.8. The van der Waals surface area contributed by atoms with Gasteiger partial charge in [0.15, 0.2) is 19.7 Å². The number of pyridine rings is 1. The van der Waals surface area contributed by atoms with Gasteiger partial charge in [0, 0.05) is 12.2 Å². The number of likely N-dealkylation sites (tertiary alicyclic amines) is 1. The SMILES string of the molecule is O=C(CC1(O)CCS(=O)(=O)C1)N1CCC2(S(=O)(=O)c3ccccc3)c3ccc(C(F)(C(F)(F)F)C(F)(F)F)nc3CCC12. The average Bonchev–Trinajstić information content (AvgIpc) is 3.44. The molecule has 3 atom stereocenters. The number of aryl methyl sites for hydroxylation is 1. The Kier molecular flexibility index (Phi) is 7.25. The number of amides is 1. The summed E-state index contributed by atoms with van der Waals surface area (Å²) in [4.78, 5) is 17.8. The number of benzene rings is 1. The predicted molar refractivity (Wildman–Crippen MR) is 136 cm³/mol. The monoisotopic (exact) mass is 658 g/mol. The van der Waals surface area contributed by atoms with E-state index in [1.54, 1.807) is 0 Å². The maximum atomic E-state index is 14.9. The highest BCUT2D eigenvalue weighted by atomic mass is 32.2. The van der Waals surface area contributed by atoms with E-state index in [1.807, 2.05) is 0 Å². The molecule has 3 unspecified atom stereocenters. The molecule has 0 spiro atoms. The standard InChI is InChI=1S/C26H25F7N2O6S2/c27-24(25(28,29)30,26(31,32)33)19-8-6-17-18(34-19)7-9-20-23(17,43(40,41)16-4-2-1-3-5-16)10-12-35(20)21(36)14-22(37)11-13-42(38,39)15-22/h1-6,8,20,37H,7,9-15H2. The largest absolute Gasteiger partial charge is 0.437 e. The summed E-state index contributed by atoms with van der Waals surface area (Å²) in [5.74, 6) is -1.78. The number of aliphatic hydroxyl groups is 1. The molecule has 2 aromatic rings. The molecule has 3 heterocycles. The topological polar surface area (TPSA) is 122 Å². The summed E-state index contributed by atoms with van der Waals surface area (Å²) >= 11 is 0. The molecule has 0 bridgehead atoms. The second-order valence-corrected chi connectivity index (χ2v) is 15.6. The van der Waals surface area contributed by atoms with Crippen molar-refractivity contribution in [1.29, 1.82) is 0 Å². The number of hydrogen-bond donors (Lipinski definition) is 1. The molecule has 1 amide bonds. The fourth-order valence-corrected chi connectivity index (χ4v) is 10.8. The van der Waals surface area contributed by atoms with Gasteiger partial charge in [-0.2, -0.15) is 26.3 Å². The number of rotatable bonds is 5. The van der Waals surface area contributed by atoms with Gasteiger partial charge in [-0.15, -0.1) is 0 Å². The highest BCUT2D eigenvalue weighted by molar-refractivity contribution is 7.92. The lowest BCUT2D eigenvalue weighted by atomic mass is 9.80. The molecule has 1 N–H and O–H groups in total. The van der Waals surface area contributed by atoms with Gasteiger partial charge in [0.05, 0.1) is 40.2 Å². The van der Waals surface area contributed by atoms with Crippen molar-refractivity contribution in [3.63, 3.8) is 0 Å². The molecule has 1 aromatic heterocycles. The Labute approximate surface area is 241 Å². The first-order valence-corrected chi connectivity index (χ1v) is 16.3. The van der Waals surface area contributed by atoms with Crippen molar-refractivity contribution in [2.45, 2.75) is 71.4 Å². The van der Waals surface area contributed by atoms with Gasteiger partial charge in [-0.05, 0) is 49.4 Å². The Morgan fingerprint density at radius 3 is 2.19 bits per heavy atom. The molecular formula is C26H25F7N2O6S2. The molecule has 8 nitrogen and oxygen atoms in total. The van der Waals surface area contributed by atoms with Crippen LogP contribution in [0.15, 0.2) is 47.4 Å². The Morgan fingerprint density at radius 1 is 1.00 bits per heavy atom. The number of alkyl halides is 7. The number of fused-ring (bicyclic) bond motifs is 3. The van der Waals surface area contributed by atoms with Crippen LogP contribution in [0.2, 0.25) is 0 Å². The van der Waals surface area contributed by atoms with Crippen LogP contribution in [0.5, 0.6) is 0 Å². The maximum absolute atomic E-state index is 14.9. The summed E-state index contributed by atoms with van der Waals surface area (Å²) in [6, 6.07) is 6.48. The van der Waals surface area contributed by atoms with Crippen molar-refractivity contribution in [2.75, 3.05) is 18.1 Å². The fraction of sp³-hybridized carbons (Fsp3) is 0.538. The van der Waals surface area contributed by atoms with Gasteiger partial charge in [0.1, 0.15) is 4.75 Å². The first kappa shape index (κ1) is 31.6. The number of hydrogen-bond acceptors (Lipinski definition) is 7. The van der Waals surface area contributed by atoms with E-state index in [0.717, 1.165) is 4.90 Å². The van der Waals surface area contributed by atoms with Gasteiger partial charge >= 0.3 is 18.0 Å². The summed E-state index contributed by atoms with van der Waals surface area (Å²) in [5.41, 5.74) is -10.5. The van der Waals surface area contributed by atoms with Crippen LogP contribution in [0, 0.1) is 0 Å². The van der Waals surface area contributed by atoms with Crippen LogP contribution < -0.4 is 0 Å². The van der Waals surface area contributed by atoms with Crippen molar-refractivity contribution in [3.8, 4) is 0 Å². The summed E-state index contributed by atoms with van der Waals surface area (Å²) in [6.45, 7) is -0.238. The second-order valence-electron chi connectivity index (χ2n) is 11.2. The van der Waals surface area contributed by atoms with Crippen molar-refractivity contribution < 1.29 is 57.5 Å². The van der Waals surface area contributed by atoms with E-state index in [2.05, 4.69) is 4.98 Å². The number of carbonyl (C=O) groups excluding carboxylic acids is 1. The Hall–Kier alpha value is -2.79. The van der Waals surface area contributed by atoms with Crippen molar-refractivity contribution in [1.82, 2.24) is 9.88 Å². The van der Waals surface area contributed by atoms with Crippen molar-refractivity contribution in [2.24, 2.45) is 0 Å². The molecule has 0 radical (unpaired) electrons. The van der Waals surface area contributed by atoms with Gasteiger partial charge < -0.3 is 10.0 Å². The molecule has 2 aliphatic heterocycles. The maximum Gasteiger partial charge on any atom is 0.437 e. The first-order chi connectivity index (χ1) is 19.7. The predicted octanol–water partition coefficient (Wildman–Crippen LogP) is 3.53. The zero-order chi connectivity index (χ0) is 31.9. The zero-order valence-corrected chi connectivity index (χ0v) is 23.8. The smallest absolute Gasteiger partial charge is 0.388 e. The van der Waals surface area contributed by atoms with E-state index >= 15 is 0 Å². The van der Waals surface area contributed by atoms with Gasteiger partial charge in [-0.3, -0.25) is 9.78 Å². The number of nitrogens with zero attached hydrogens (tertiary/aromatic N) is 2. The Morgan fingerprint density at radius 2 is 1.63 bits per heavy atom. The van der Waals surface area contributed by atoms with Gasteiger partial charge in [0.2, 0.25) is 5.91 Å². The third-order valence-electron chi connectivity index (χ3n) is 8.56. The van der Waals surface area contributed by atoms with Crippen molar-refractivity contribution >= 4 is 25.6 Å². The van der Waals surface area contributed by atoms with E-state index in [9.17, 15) is 57.5 Å². The van der Waals surface area contributed by atoms with Crippen LogP contribution in [-0.4, -0.2) is 79.8 Å². The molecule has 43 heavy (non-hydrogen) atoms. The molecule has 1 aromatic carbocycles. The molecular weight excluding hydrogens is 633 g/mol. The quantitative estimate of drug-likeness (QED) is 0.488. The lowest BCUT2D eigenvalue weighted by molar-refractivity contribution is -0.350. The minimum absolute atomic E-state index is 0.168.